The Labute approximate surface area is 106 Å². The zero-order valence-electron chi connectivity index (χ0n) is 9.36. The Morgan fingerprint density at radius 2 is 2.39 bits per heavy atom. The van der Waals surface area contributed by atoms with Crippen LogP contribution in [0, 0.1) is 0 Å². The molecule has 0 radical (unpaired) electrons. The number of oxime groups is 1. The molecule has 4 N–H and O–H groups in total. The van der Waals surface area contributed by atoms with Crippen molar-refractivity contribution in [1.29, 1.82) is 0 Å². The molecule has 0 saturated heterocycles. The van der Waals surface area contributed by atoms with Crippen LogP contribution < -0.4 is 11.4 Å². The van der Waals surface area contributed by atoms with Crippen molar-refractivity contribution < 1.29 is 5.21 Å². The molecule has 0 unspecified atom stereocenters. The van der Waals surface area contributed by atoms with E-state index in [9.17, 15) is 4.79 Å². The van der Waals surface area contributed by atoms with E-state index in [2.05, 4.69) is 20.3 Å². The number of hydrogen-bond acceptors (Lipinski definition) is 6. The third-order valence-electron chi connectivity index (χ3n) is 2.15. The van der Waals surface area contributed by atoms with Gasteiger partial charge in [0, 0.05) is 18.1 Å². The van der Waals surface area contributed by atoms with Gasteiger partial charge in [0.15, 0.2) is 11.0 Å². The normalized spacial score (nSPS) is 11.7. The second-order valence-corrected chi connectivity index (χ2v) is 4.38. The lowest BCUT2D eigenvalue weighted by atomic mass is 10.3. The number of rotatable bonds is 3. The third kappa shape index (κ3) is 2.35. The van der Waals surface area contributed by atoms with Crippen molar-refractivity contribution in [3.05, 3.63) is 34.5 Å². The fourth-order valence-electron chi connectivity index (χ4n) is 1.17. The SMILES string of the molecule is Cn1c(Sc2ccc(/C(N)=N/O)nc2)n[nH]c1=O. The third-order valence-corrected chi connectivity index (χ3v) is 3.18. The highest BCUT2D eigenvalue weighted by Gasteiger charge is 2.07. The Morgan fingerprint density at radius 3 is 2.89 bits per heavy atom. The summed E-state index contributed by atoms with van der Waals surface area (Å²) in [6, 6.07) is 3.35. The number of amidine groups is 1. The Hall–Kier alpha value is -2.29. The van der Waals surface area contributed by atoms with Gasteiger partial charge in [0.05, 0.1) is 0 Å². The second kappa shape index (κ2) is 4.92. The smallest absolute Gasteiger partial charge is 0.343 e. The van der Waals surface area contributed by atoms with Crippen molar-refractivity contribution in [3.63, 3.8) is 0 Å². The zero-order chi connectivity index (χ0) is 13.1. The van der Waals surface area contributed by atoms with Gasteiger partial charge in [-0.15, -0.1) is 5.10 Å². The van der Waals surface area contributed by atoms with Crippen LogP contribution in [-0.4, -0.2) is 30.8 Å². The van der Waals surface area contributed by atoms with Gasteiger partial charge < -0.3 is 10.9 Å². The van der Waals surface area contributed by atoms with Crippen LogP contribution >= 0.6 is 11.8 Å². The molecule has 2 aromatic heterocycles. The maximum absolute atomic E-state index is 11.2. The topological polar surface area (TPSA) is 122 Å². The van der Waals surface area contributed by atoms with Crippen LogP contribution in [0.1, 0.15) is 5.69 Å². The average molecular weight is 266 g/mol. The monoisotopic (exact) mass is 266 g/mol. The van der Waals surface area contributed by atoms with E-state index in [1.54, 1.807) is 25.4 Å². The van der Waals surface area contributed by atoms with Crippen LogP contribution in [0.3, 0.4) is 0 Å². The first-order valence-electron chi connectivity index (χ1n) is 4.85. The molecule has 0 bridgehead atoms. The fourth-order valence-corrected chi connectivity index (χ4v) is 1.94. The van der Waals surface area contributed by atoms with Gasteiger partial charge in [0.2, 0.25) is 0 Å². The maximum Gasteiger partial charge on any atom is 0.343 e. The molecule has 0 saturated carbocycles. The van der Waals surface area contributed by atoms with E-state index in [1.165, 1.54) is 16.3 Å². The number of aromatic amines is 1. The number of nitrogens with two attached hydrogens (primary N) is 1. The predicted octanol–water partition coefficient (Wildman–Crippen LogP) is -0.251. The molecule has 2 rings (SSSR count). The minimum Gasteiger partial charge on any atom is -0.409 e. The number of pyridine rings is 1. The molecule has 0 aromatic carbocycles. The van der Waals surface area contributed by atoms with Crippen molar-refractivity contribution in [2.24, 2.45) is 17.9 Å². The summed E-state index contributed by atoms with van der Waals surface area (Å²) in [4.78, 5) is 16.0. The molecular weight excluding hydrogens is 256 g/mol. The summed E-state index contributed by atoms with van der Waals surface area (Å²) >= 11 is 1.28. The lowest BCUT2D eigenvalue weighted by Gasteiger charge is -2.01. The summed E-state index contributed by atoms with van der Waals surface area (Å²) in [5, 5.41) is 18.1. The molecule has 94 valence electrons. The molecule has 0 spiro atoms. The van der Waals surface area contributed by atoms with Gasteiger partial charge in [-0.1, -0.05) is 5.16 Å². The van der Waals surface area contributed by atoms with Gasteiger partial charge in [-0.05, 0) is 23.9 Å². The summed E-state index contributed by atoms with van der Waals surface area (Å²) < 4.78 is 1.39. The van der Waals surface area contributed by atoms with E-state index in [0.717, 1.165) is 4.90 Å². The Bertz CT molecular complexity index is 629. The molecule has 0 atom stereocenters. The van der Waals surface area contributed by atoms with Gasteiger partial charge in [0.1, 0.15) is 5.69 Å². The predicted molar refractivity (Wildman–Crippen MR) is 64.7 cm³/mol. The van der Waals surface area contributed by atoms with E-state index in [-0.39, 0.29) is 11.5 Å². The molecule has 0 fully saturated rings. The summed E-state index contributed by atoms with van der Waals surface area (Å²) in [5.74, 6) is -0.0567. The first-order valence-corrected chi connectivity index (χ1v) is 5.66. The van der Waals surface area contributed by atoms with Crippen LogP contribution in [0.5, 0.6) is 0 Å². The van der Waals surface area contributed by atoms with Crippen LogP contribution in [0.4, 0.5) is 0 Å². The second-order valence-electron chi connectivity index (χ2n) is 3.34. The molecule has 8 nitrogen and oxygen atoms in total. The Kier molecular flexibility index (Phi) is 3.33. The number of hydrogen-bond donors (Lipinski definition) is 3. The number of aromatic nitrogens is 4. The van der Waals surface area contributed by atoms with E-state index >= 15 is 0 Å². The van der Waals surface area contributed by atoms with Crippen LogP contribution in [-0.2, 0) is 7.05 Å². The maximum atomic E-state index is 11.2. The highest BCUT2D eigenvalue weighted by molar-refractivity contribution is 7.99. The Morgan fingerprint density at radius 1 is 1.61 bits per heavy atom. The number of nitrogens with one attached hydrogen (secondary N) is 1. The summed E-state index contributed by atoms with van der Waals surface area (Å²) in [7, 11) is 1.62. The average Bonchev–Trinajstić information content (AvgIpc) is 2.71. The minimum absolute atomic E-state index is 0.0567. The van der Waals surface area contributed by atoms with Gasteiger partial charge in [-0.2, -0.15) is 0 Å². The lowest BCUT2D eigenvalue weighted by molar-refractivity contribution is 0.318. The molecule has 2 heterocycles. The summed E-state index contributed by atoms with van der Waals surface area (Å²) in [6.45, 7) is 0. The van der Waals surface area contributed by atoms with Gasteiger partial charge in [-0.3, -0.25) is 9.55 Å². The first kappa shape index (κ1) is 12.2. The standard InChI is InChI=1S/C9H10N6O2S/c1-15-8(16)12-13-9(15)18-5-2-3-6(11-4-5)7(10)14-17/h2-4,17H,1H3,(H2,10,14)(H,12,16). The molecule has 0 aliphatic carbocycles. The molecule has 0 amide bonds. The molecular formula is C9H10N6O2S. The molecule has 0 aliphatic rings. The van der Waals surface area contributed by atoms with Crippen molar-refractivity contribution >= 4 is 17.6 Å². The largest absolute Gasteiger partial charge is 0.409 e. The summed E-state index contributed by atoms with van der Waals surface area (Å²) in [5.41, 5.74) is 5.49. The number of H-pyrrole nitrogens is 1. The Balaban J connectivity index is 2.21. The molecule has 2 aromatic rings. The van der Waals surface area contributed by atoms with Crippen LogP contribution in [0.15, 0.2) is 38.3 Å². The lowest BCUT2D eigenvalue weighted by Crippen LogP contribution is -2.14. The van der Waals surface area contributed by atoms with Crippen molar-refractivity contribution in [1.82, 2.24) is 19.7 Å². The van der Waals surface area contributed by atoms with Crippen LogP contribution in [0.2, 0.25) is 0 Å². The van der Waals surface area contributed by atoms with Gasteiger partial charge >= 0.3 is 5.69 Å². The first-order chi connectivity index (χ1) is 8.61. The highest BCUT2D eigenvalue weighted by Crippen LogP contribution is 2.23. The minimum atomic E-state index is -0.279. The highest BCUT2D eigenvalue weighted by atomic mass is 32.2. The van der Waals surface area contributed by atoms with Crippen LogP contribution in [0.25, 0.3) is 0 Å². The van der Waals surface area contributed by atoms with Gasteiger partial charge in [-0.25, -0.2) is 9.89 Å². The molecule has 9 heteroatoms. The quantitative estimate of drug-likeness (QED) is 0.305. The number of nitrogens with zero attached hydrogens (tertiary/aromatic N) is 4. The van der Waals surface area contributed by atoms with E-state index in [0.29, 0.717) is 10.9 Å². The van der Waals surface area contributed by atoms with Gasteiger partial charge in [0.25, 0.3) is 0 Å². The molecule has 0 aliphatic heterocycles. The van der Waals surface area contributed by atoms with E-state index in [4.69, 9.17) is 10.9 Å². The van der Waals surface area contributed by atoms with Crippen molar-refractivity contribution in [2.45, 2.75) is 10.1 Å². The van der Waals surface area contributed by atoms with Crippen molar-refractivity contribution in [3.8, 4) is 0 Å². The van der Waals surface area contributed by atoms with E-state index in [1.807, 2.05) is 0 Å². The fraction of sp³-hybridized carbons (Fsp3) is 0.111. The van der Waals surface area contributed by atoms with Crippen molar-refractivity contribution in [2.75, 3.05) is 0 Å². The molecule has 18 heavy (non-hydrogen) atoms. The zero-order valence-corrected chi connectivity index (χ0v) is 10.2. The van der Waals surface area contributed by atoms with E-state index < -0.39 is 0 Å². The summed E-state index contributed by atoms with van der Waals surface area (Å²) in [6.07, 6.45) is 1.55.